The number of benzene rings is 1. The number of nitrogens with zero attached hydrogens (tertiary/aromatic N) is 2. The average molecular weight is 318 g/mol. The smallest absolute Gasteiger partial charge is 0.169 e. The van der Waals surface area contributed by atoms with E-state index in [9.17, 15) is 0 Å². The van der Waals surface area contributed by atoms with Crippen LogP contribution in [0.1, 0.15) is 5.76 Å². The third-order valence-corrected chi connectivity index (χ3v) is 3.17. The molecule has 0 unspecified atom stereocenters. The van der Waals surface area contributed by atoms with Gasteiger partial charge in [0.05, 0.1) is 12.9 Å². The third-order valence-electron chi connectivity index (χ3n) is 2.74. The summed E-state index contributed by atoms with van der Waals surface area (Å²) in [4.78, 5) is 4.05. The largest absolute Gasteiger partial charge is 0.452 e. The van der Waals surface area contributed by atoms with Crippen LogP contribution in [0.25, 0.3) is 5.69 Å². The molecule has 96 valence electrons. The molecule has 0 saturated carbocycles. The molecular weight excluding hydrogens is 306 g/mol. The first-order valence-corrected chi connectivity index (χ1v) is 6.67. The van der Waals surface area contributed by atoms with Gasteiger partial charge >= 0.3 is 0 Å². The zero-order valence-corrected chi connectivity index (χ0v) is 11.7. The standard InChI is InChI=1S/C14H12BrN3O/c15-14-5-4-13(19-14)9-17-11-2-1-3-12(8-11)18-7-6-16-10-18/h1-8,10,17H,9H2. The van der Waals surface area contributed by atoms with E-state index in [1.807, 2.05) is 41.1 Å². The van der Waals surface area contributed by atoms with Gasteiger partial charge in [-0.15, -0.1) is 0 Å². The fourth-order valence-corrected chi connectivity index (χ4v) is 2.16. The Bertz CT molecular complexity index is 661. The van der Waals surface area contributed by atoms with E-state index < -0.39 is 0 Å². The van der Waals surface area contributed by atoms with E-state index >= 15 is 0 Å². The first-order chi connectivity index (χ1) is 9.31. The fourth-order valence-electron chi connectivity index (χ4n) is 1.82. The summed E-state index contributed by atoms with van der Waals surface area (Å²) in [5.74, 6) is 0.889. The number of aromatic nitrogens is 2. The Morgan fingerprint density at radius 3 is 2.95 bits per heavy atom. The number of anilines is 1. The molecule has 19 heavy (non-hydrogen) atoms. The van der Waals surface area contributed by atoms with Gasteiger partial charge in [0.1, 0.15) is 5.76 Å². The fraction of sp³-hybridized carbons (Fsp3) is 0.0714. The van der Waals surface area contributed by atoms with Crippen LogP contribution < -0.4 is 5.32 Å². The second-order valence-electron chi connectivity index (χ2n) is 4.08. The number of imidazole rings is 1. The zero-order chi connectivity index (χ0) is 13.1. The van der Waals surface area contributed by atoms with Crippen LogP contribution in [0.2, 0.25) is 0 Å². The van der Waals surface area contributed by atoms with Crippen LogP contribution in [0.3, 0.4) is 0 Å². The molecule has 1 aromatic carbocycles. The molecule has 0 aliphatic heterocycles. The van der Waals surface area contributed by atoms with Gasteiger partial charge in [-0.25, -0.2) is 4.98 Å². The Hall–Kier alpha value is -2.01. The van der Waals surface area contributed by atoms with E-state index in [-0.39, 0.29) is 0 Å². The number of hydrogen-bond donors (Lipinski definition) is 1. The van der Waals surface area contributed by atoms with E-state index in [0.29, 0.717) is 6.54 Å². The van der Waals surface area contributed by atoms with Gasteiger partial charge in [-0.2, -0.15) is 0 Å². The molecule has 0 radical (unpaired) electrons. The third kappa shape index (κ3) is 2.88. The van der Waals surface area contributed by atoms with Gasteiger partial charge in [-0.3, -0.25) is 0 Å². The van der Waals surface area contributed by atoms with Gasteiger partial charge < -0.3 is 14.3 Å². The molecular formula is C14H12BrN3O. The molecule has 0 aliphatic rings. The number of halogens is 1. The van der Waals surface area contributed by atoms with Gasteiger partial charge in [0.15, 0.2) is 4.67 Å². The Kier molecular flexibility index (Phi) is 3.37. The van der Waals surface area contributed by atoms with E-state index in [2.05, 4.69) is 32.3 Å². The molecule has 0 fully saturated rings. The van der Waals surface area contributed by atoms with Crippen molar-refractivity contribution >= 4 is 21.6 Å². The average Bonchev–Trinajstić information content (AvgIpc) is 3.08. The normalized spacial score (nSPS) is 10.6. The lowest BCUT2D eigenvalue weighted by molar-refractivity contribution is 0.495. The summed E-state index contributed by atoms with van der Waals surface area (Å²) in [6.45, 7) is 0.652. The van der Waals surface area contributed by atoms with Crippen molar-refractivity contribution in [3.05, 3.63) is 65.5 Å². The van der Waals surface area contributed by atoms with Gasteiger partial charge in [0, 0.05) is 23.8 Å². The first-order valence-electron chi connectivity index (χ1n) is 5.88. The number of furan rings is 1. The molecule has 0 atom stereocenters. The molecule has 3 aromatic rings. The molecule has 3 rings (SSSR count). The SMILES string of the molecule is Brc1ccc(CNc2cccc(-n3ccnc3)c2)o1. The number of nitrogens with one attached hydrogen (secondary N) is 1. The van der Waals surface area contributed by atoms with E-state index in [1.165, 1.54) is 0 Å². The van der Waals surface area contributed by atoms with E-state index in [0.717, 1.165) is 21.8 Å². The van der Waals surface area contributed by atoms with Gasteiger partial charge in [-0.1, -0.05) is 6.07 Å². The molecule has 0 saturated heterocycles. The predicted octanol–water partition coefficient (Wildman–Crippen LogP) is 3.84. The quantitative estimate of drug-likeness (QED) is 0.795. The Labute approximate surface area is 119 Å². The van der Waals surface area contributed by atoms with Crippen LogP contribution in [0.4, 0.5) is 5.69 Å². The molecule has 2 heterocycles. The lowest BCUT2D eigenvalue weighted by atomic mass is 10.2. The minimum atomic E-state index is 0.652. The molecule has 1 N–H and O–H groups in total. The lowest BCUT2D eigenvalue weighted by Crippen LogP contribution is -1.99. The van der Waals surface area contributed by atoms with Crippen molar-refractivity contribution < 1.29 is 4.42 Å². The Morgan fingerprint density at radius 1 is 1.26 bits per heavy atom. The van der Waals surface area contributed by atoms with E-state index in [4.69, 9.17) is 4.42 Å². The minimum Gasteiger partial charge on any atom is -0.452 e. The summed E-state index contributed by atoms with van der Waals surface area (Å²) in [7, 11) is 0. The van der Waals surface area contributed by atoms with Crippen LogP contribution >= 0.6 is 15.9 Å². The molecule has 2 aromatic heterocycles. The first kappa shape index (κ1) is 12.0. The van der Waals surface area contributed by atoms with Gasteiger partial charge in [0.2, 0.25) is 0 Å². The molecule has 0 bridgehead atoms. The maximum Gasteiger partial charge on any atom is 0.169 e. The van der Waals surface area contributed by atoms with Crippen molar-refractivity contribution in [1.29, 1.82) is 0 Å². The van der Waals surface area contributed by atoms with Crippen molar-refractivity contribution in [1.82, 2.24) is 9.55 Å². The van der Waals surface area contributed by atoms with Gasteiger partial charge in [0.25, 0.3) is 0 Å². The maximum atomic E-state index is 5.45. The summed E-state index contributed by atoms with van der Waals surface area (Å²) >= 11 is 3.29. The van der Waals surface area contributed by atoms with E-state index in [1.54, 1.807) is 12.5 Å². The monoisotopic (exact) mass is 317 g/mol. The summed E-state index contributed by atoms with van der Waals surface area (Å²) in [5, 5.41) is 3.33. The number of hydrogen-bond acceptors (Lipinski definition) is 3. The second-order valence-corrected chi connectivity index (χ2v) is 4.86. The highest BCUT2D eigenvalue weighted by Crippen LogP contribution is 2.18. The molecule has 4 nitrogen and oxygen atoms in total. The van der Waals surface area contributed by atoms with Crippen LogP contribution in [-0.4, -0.2) is 9.55 Å². The van der Waals surface area contributed by atoms with Crippen molar-refractivity contribution in [2.45, 2.75) is 6.54 Å². The number of rotatable bonds is 4. The van der Waals surface area contributed by atoms with Gasteiger partial charge in [-0.05, 0) is 46.3 Å². The summed E-state index contributed by atoms with van der Waals surface area (Å²) in [6, 6.07) is 12.0. The Morgan fingerprint density at radius 2 is 2.21 bits per heavy atom. The molecule has 0 spiro atoms. The summed E-state index contributed by atoms with van der Waals surface area (Å²) in [5.41, 5.74) is 2.11. The van der Waals surface area contributed by atoms with Crippen LogP contribution in [0.15, 0.2) is 64.2 Å². The van der Waals surface area contributed by atoms with Crippen molar-refractivity contribution in [2.75, 3.05) is 5.32 Å². The highest BCUT2D eigenvalue weighted by molar-refractivity contribution is 9.10. The summed E-state index contributed by atoms with van der Waals surface area (Å²) in [6.07, 6.45) is 5.46. The van der Waals surface area contributed by atoms with Crippen LogP contribution in [0.5, 0.6) is 0 Å². The topological polar surface area (TPSA) is 43.0 Å². The molecule has 0 aliphatic carbocycles. The molecule has 0 amide bonds. The highest BCUT2D eigenvalue weighted by atomic mass is 79.9. The lowest BCUT2D eigenvalue weighted by Gasteiger charge is -2.07. The minimum absolute atomic E-state index is 0.652. The second kappa shape index (κ2) is 5.32. The van der Waals surface area contributed by atoms with Crippen LogP contribution in [0, 0.1) is 0 Å². The highest BCUT2D eigenvalue weighted by Gasteiger charge is 2.01. The molecule has 5 heteroatoms. The maximum absolute atomic E-state index is 5.45. The van der Waals surface area contributed by atoms with Crippen molar-refractivity contribution in [3.63, 3.8) is 0 Å². The van der Waals surface area contributed by atoms with Crippen molar-refractivity contribution in [3.8, 4) is 5.69 Å². The zero-order valence-electron chi connectivity index (χ0n) is 10.1. The van der Waals surface area contributed by atoms with Crippen molar-refractivity contribution in [2.24, 2.45) is 0 Å². The van der Waals surface area contributed by atoms with Crippen LogP contribution in [-0.2, 0) is 6.54 Å². The summed E-state index contributed by atoms with van der Waals surface area (Å²) < 4.78 is 8.16. The Balaban J connectivity index is 1.73. The predicted molar refractivity (Wildman–Crippen MR) is 77.3 cm³/mol.